The fraction of sp³-hybridized carbons (Fsp3) is 0. The molecule has 0 aliphatic carbocycles. The van der Waals surface area contributed by atoms with Crippen LogP contribution in [0.15, 0.2) is 194 Å². The molecule has 256 valence electrons. The van der Waals surface area contributed by atoms with E-state index in [1.54, 1.807) is 0 Å². The number of para-hydroxylation sites is 2. The Morgan fingerprint density at radius 1 is 0.255 bits per heavy atom. The van der Waals surface area contributed by atoms with E-state index in [4.69, 9.17) is 9.97 Å². The molecule has 3 aromatic heterocycles. The lowest BCUT2D eigenvalue weighted by atomic mass is 9.93. The zero-order chi connectivity index (χ0) is 36.3. The standard InChI is InChI=1S/C52H33N3/c1-4-12-33(13-5-1)36-22-24-37(25-23-36)38-26-41-28-42(27-38)48-30-40(35-16-8-3-9-17-35)32-50(54-48)46-21-11-19-44-43-18-10-20-45(51(43)55-52(44)46)49-31-39(29-47(41)53-49)34-14-6-2-7-15-34/h1-32,55H. The van der Waals surface area contributed by atoms with Crippen molar-refractivity contribution < 1.29 is 0 Å². The van der Waals surface area contributed by atoms with Crippen LogP contribution < -0.4 is 0 Å². The highest BCUT2D eigenvalue weighted by Crippen LogP contribution is 2.42. The Morgan fingerprint density at radius 3 is 1.05 bits per heavy atom. The summed E-state index contributed by atoms with van der Waals surface area (Å²) in [5.74, 6) is 0. The molecule has 0 spiro atoms. The van der Waals surface area contributed by atoms with Gasteiger partial charge in [-0.3, -0.25) is 0 Å². The van der Waals surface area contributed by atoms with Crippen LogP contribution in [0.1, 0.15) is 0 Å². The molecule has 1 N–H and O–H groups in total. The van der Waals surface area contributed by atoms with E-state index >= 15 is 0 Å². The molecule has 0 unspecified atom stereocenters. The van der Waals surface area contributed by atoms with Crippen molar-refractivity contribution in [1.29, 1.82) is 0 Å². The second kappa shape index (κ2) is 12.6. The molecule has 55 heavy (non-hydrogen) atoms. The SMILES string of the molecule is c1ccc(-c2ccc(-c3cc4cc(c3)-c3cc(-c5ccccc5)cc(n3)-c3cccc5c3[nH]c3c(cccc35)-c3cc(-c5ccccc5)cc-4n3)cc2)cc1. The lowest BCUT2D eigenvalue weighted by molar-refractivity contribution is 1.30. The van der Waals surface area contributed by atoms with Crippen molar-refractivity contribution in [2.75, 3.05) is 0 Å². The predicted octanol–water partition coefficient (Wildman–Crippen LogP) is 13.8. The molecule has 0 saturated carbocycles. The van der Waals surface area contributed by atoms with Crippen molar-refractivity contribution in [2.45, 2.75) is 0 Å². The largest absolute Gasteiger partial charge is 0.353 e. The summed E-state index contributed by atoms with van der Waals surface area (Å²) in [5.41, 5.74) is 19.2. The van der Waals surface area contributed by atoms with Gasteiger partial charge in [0.05, 0.1) is 33.8 Å². The van der Waals surface area contributed by atoms with E-state index in [1.165, 1.54) is 21.9 Å². The number of pyridine rings is 2. The summed E-state index contributed by atoms with van der Waals surface area (Å²) in [7, 11) is 0. The number of benzene rings is 7. The zero-order valence-electron chi connectivity index (χ0n) is 29.9. The highest BCUT2D eigenvalue weighted by atomic mass is 14.8. The molecule has 0 radical (unpaired) electrons. The first kappa shape index (κ1) is 31.2. The van der Waals surface area contributed by atoms with Crippen LogP contribution in [0, 0.1) is 0 Å². The highest BCUT2D eigenvalue weighted by Gasteiger charge is 2.20. The van der Waals surface area contributed by atoms with Crippen molar-refractivity contribution in [3.63, 3.8) is 0 Å². The van der Waals surface area contributed by atoms with Crippen molar-refractivity contribution in [3.05, 3.63) is 194 Å². The quantitative estimate of drug-likeness (QED) is 0.199. The van der Waals surface area contributed by atoms with Gasteiger partial charge in [-0.25, -0.2) is 9.97 Å². The molecular weight excluding hydrogens is 667 g/mol. The normalized spacial score (nSPS) is 11.6. The molecule has 8 bridgehead atoms. The number of aromatic nitrogens is 3. The van der Waals surface area contributed by atoms with Gasteiger partial charge in [0.1, 0.15) is 0 Å². The van der Waals surface area contributed by atoms with Crippen LogP contribution in [0.2, 0.25) is 0 Å². The lowest BCUT2D eigenvalue weighted by Gasteiger charge is -2.16. The van der Waals surface area contributed by atoms with Gasteiger partial charge in [0, 0.05) is 33.0 Å². The molecule has 0 amide bonds. The van der Waals surface area contributed by atoms with Gasteiger partial charge in [0.15, 0.2) is 0 Å². The minimum absolute atomic E-state index is 0.908. The third-order valence-corrected chi connectivity index (χ3v) is 10.9. The smallest absolute Gasteiger partial charge is 0.0736 e. The Bertz CT molecular complexity index is 2890. The number of hydrogen-bond donors (Lipinski definition) is 1. The van der Waals surface area contributed by atoms with Gasteiger partial charge in [-0.1, -0.05) is 152 Å². The predicted molar refractivity (Wildman–Crippen MR) is 228 cm³/mol. The Kier molecular flexibility index (Phi) is 7.17. The molecule has 11 rings (SSSR count). The van der Waals surface area contributed by atoms with Gasteiger partial charge < -0.3 is 4.98 Å². The summed E-state index contributed by atoms with van der Waals surface area (Å²) < 4.78 is 0. The average Bonchev–Trinajstić information content (AvgIpc) is 3.66. The van der Waals surface area contributed by atoms with Crippen LogP contribution in [0.25, 0.3) is 111 Å². The van der Waals surface area contributed by atoms with Crippen molar-refractivity contribution >= 4 is 21.8 Å². The summed E-state index contributed by atoms with van der Waals surface area (Å²) in [4.78, 5) is 14.8. The Hall–Kier alpha value is -7.36. The van der Waals surface area contributed by atoms with Gasteiger partial charge in [-0.2, -0.15) is 0 Å². The Balaban J connectivity index is 1.23. The Morgan fingerprint density at radius 2 is 0.600 bits per heavy atom. The van der Waals surface area contributed by atoms with E-state index in [0.29, 0.717) is 0 Å². The monoisotopic (exact) mass is 699 g/mol. The fourth-order valence-corrected chi connectivity index (χ4v) is 8.18. The molecule has 4 heterocycles. The van der Waals surface area contributed by atoms with E-state index in [1.807, 2.05) is 0 Å². The molecule has 0 fully saturated rings. The molecule has 0 atom stereocenters. The third kappa shape index (κ3) is 5.45. The van der Waals surface area contributed by atoms with Crippen LogP contribution in [-0.2, 0) is 0 Å². The van der Waals surface area contributed by atoms with Crippen LogP contribution in [0.4, 0.5) is 0 Å². The van der Waals surface area contributed by atoms with E-state index < -0.39 is 0 Å². The van der Waals surface area contributed by atoms with Crippen LogP contribution in [-0.4, -0.2) is 15.0 Å². The number of nitrogens with one attached hydrogen (secondary N) is 1. The average molecular weight is 700 g/mol. The molecule has 3 heteroatoms. The number of H-pyrrole nitrogens is 1. The Labute approximate surface area is 319 Å². The van der Waals surface area contributed by atoms with Crippen LogP contribution in [0.3, 0.4) is 0 Å². The first-order valence-electron chi connectivity index (χ1n) is 18.7. The highest BCUT2D eigenvalue weighted by molar-refractivity contribution is 6.15. The van der Waals surface area contributed by atoms with Gasteiger partial charge >= 0.3 is 0 Å². The molecule has 7 aromatic carbocycles. The maximum atomic E-state index is 5.48. The van der Waals surface area contributed by atoms with Gasteiger partial charge in [-0.15, -0.1) is 0 Å². The van der Waals surface area contributed by atoms with Crippen molar-refractivity contribution in [1.82, 2.24) is 15.0 Å². The second-order valence-electron chi connectivity index (χ2n) is 14.3. The summed E-state index contributed by atoms with van der Waals surface area (Å²) in [6.45, 7) is 0. The summed E-state index contributed by atoms with van der Waals surface area (Å²) >= 11 is 0. The van der Waals surface area contributed by atoms with Crippen molar-refractivity contribution in [2.24, 2.45) is 0 Å². The number of hydrogen-bond acceptors (Lipinski definition) is 2. The summed E-state index contributed by atoms with van der Waals surface area (Å²) in [5, 5.41) is 2.33. The first-order valence-corrected chi connectivity index (χ1v) is 18.7. The third-order valence-electron chi connectivity index (χ3n) is 10.9. The minimum Gasteiger partial charge on any atom is -0.353 e. The molecule has 1 aliphatic rings. The number of nitrogens with zero attached hydrogens (tertiary/aromatic N) is 2. The van der Waals surface area contributed by atoms with E-state index in [-0.39, 0.29) is 0 Å². The maximum Gasteiger partial charge on any atom is 0.0736 e. The lowest BCUT2D eigenvalue weighted by Crippen LogP contribution is -1.96. The van der Waals surface area contributed by atoms with E-state index in [2.05, 4.69) is 199 Å². The van der Waals surface area contributed by atoms with Gasteiger partial charge in [-0.05, 0) is 87.0 Å². The van der Waals surface area contributed by atoms with E-state index in [9.17, 15) is 0 Å². The van der Waals surface area contributed by atoms with Gasteiger partial charge in [0.2, 0.25) is 0 Å². The summed E-state index contributed by atoms with van der Waals surface area (Å²) in [6, 6.07) is 69.5. The number of aromatic amines is 1. The number of rotatable bonds is 4. The molecule has 3 nitrogen and oxygen atoms in total. The minimum atomic E-state index is 0.908. The first-order chi connectivity index (χ1) is 27.2. The van der Waals surface area contributed by atoms with Gasteiger partial charge in [0.25, 0.3) is 0 Å². The molecular formula is C52H33N3. The molecule has 10 aromatic rings. The zero-order valence-corrected chi connectivity index (χ0v) is 29.9. The second-order valence-corrected chi connectivity index (χ2v) is 14.3. The fourth-order valence-electron chi connectivity index (χ4n) is 8.18. The van der Waals surface area contributed by atoms with E-state index in [0.717, 1.165) is 89.4 Å². The summed E-state index contributed by atoms with van der Waals surface area (Å²) in [6.07, 6.45) is 0. The molecule has 0 saturated heterocycles. The number of fused-ring (bicyclic) bond motifs is 11. The van der Waals surface area contributed by atoms with Crippen LogP contribution >= 0.6 is 0 Å². The topological polar surface area (TPSA) is 41.6 Å². The van der Waals surface area contributed by atoms with Crippen LogP contribution in [0.5, 0.6) is 0 Å². The maximum absolute atomic E-state index is 5.48. The van der Waals surface area contributed by atoms with Crippen molar-refractivity contribution in [3.8, 4) is 89.5 Å². The molecule has 1 aliphatic heterocycles.